The number of rotatable bonds is 6. The number of nitrogens with zero attached hydrogens (tertiary/aromatic N) is 3. The van der Waals surface area contributed by atoms with Gasteiger partial charge in [-0.15, -0.1) is 0 Å². The lowest BCUT2D eigenvalue weighted by molar-refractivity contribution is -0.131. The third-order valence-corrected chi connectivity index (χ3v) is 4.68. The van der Waals surface area contributed by atoms with E-state index in [1.165, 1.54) is 5.56 Å². The summed E-state index contributed by atoms with van der Waals surface area (Å²) < 4.78 is 5.17. The van der Waals surface area contributed by atoms with Gasteiger partial charge in [0.05, 0.1) is 13.4 Å². The minimum absolute atomic E-state index is 0.249. The van der Waals surface area contributed by atoms with Gasteiger partial charge in [0.25, 0.3) is 0 Å². The lowest BCUT2D eigenvalue weighted by Crippen LogP contribution is -2.35. The molecule has 1 fully saturated rings. The van der Waals surface area contributed by atoms with Crippen LogP contribution < -0.4 is 4.74 Å². The van der Waals surface area contributed by atoms with E-state index < -0.39 is 0 Å². The predicted molar refractivity (Wildman–Crippen MR) is 96.4 cm³/mol. The second-order valence-electron chi connectivity index (χ2n) is 6.44. The van der Waals surface area contributed by atoms with Crippen molar-refractivity contribution >= 4 is 5.91 Å². The van der Waals surface area contributed by atoms with Crippen LogP contribution in [0.25, 0.3) is 0 Å². The Morgan fingerprint density at radius 1 is 1.20 bits per heavy atom. The van der Waals surface area contributed by atoms with E-state index in [-0.39, 0.29) is 5.91 Å². The number of hydrogen-bond donors (Lipinski definition) is 1. The topological polar surface area (TPSA) is 61.5 Å². The largest absolute Gasteiger partial charge is 0.497 e. The highest BCUT2D eigenvalue weighted by atomic mass is 16.5. The molecule has 0 radical (unpaired) electrons. The van der Waals surface area contributed by atoms with Crippen LogP contribution in [0.2, 0.25) is 0 Å². The Bertz CT molecular complexity index is 655. The summed E-state index contributed by atoms with van der Waals surface area (Å²) in [4.78, 5) is 24.1. The van der Waals surface area contributed by atoms with Crippen LogP contribution in [0.5, 0.6) is 5.75 Å². The molecule has 0 bridgehead atoms. The van der Waals surface area contributed by atoms with Crippen molar-refractivity contribution in [2.24, 2.45) is 0 Å². The zero-order chi connectivity index (χ0) is 17.5. The molecular weight excluding hydrogens is 316 g/mol. The summed E-state index contributed by atoms with van der Waals surface area (Å²) in [6.45, 7) is 4.44. The van der Waals surface area contributed by atoms with Crippen molar-refractivity contribution in [3.05, 3.63) is 48.0 Å². The average Bonchev–Trinajstić information content (AvgIpc) is 3.04. The molecule has 0 atom stereocenters. The molecule has 1 aromatic heterocycles. The van der Waals surface area contributed by atoms with Gasteiger partial charge in [0.1, 0.15) is 5.75 Å². The lowest BCUT2D eigenvalue weighted by atomic mass is 10.1. The van der Waals surface area contributed by atoms with Crippen molar-refractivity contribution in [3.8, 4) is 5.75 Å². The minimum Gasteiger partial charge on any atom is -0.497 e. The fourth-order valence-corrected chi connectivity index (χ4v) is 3.19. The summed E-state index contributed by atoms with van der Waals surface area (Å²) >= 11 is 0. The molecule has 0 aliphatic carbocycles. The molecule has 134 valence electrons. The molecule has 1 N–H and O–H groups in total. The molecule has 0 unspecified atom stereocenters. The number of aromatic amines is 1. The zero-order valence-corrected chi connectivity index (χ0v) is 14.8. The first-order valence-corrected chi connectivity index (χ1v) is 8.85. The second-order valence-corrected chi connectivity index (χ2v) is 6.44. The SMILES string of the molecule is COc1ccc(CCC(=O)N2CCCN(Cc3cnc[nH]3)CC2)cc1. The van der Waals surface area contributed by atoms with Crippen molar-refractivity contribution in [2.45, 2.75) is 25.8 Å². The molecule has 1 aliphatic rings. The molecule has 1 aliphatic heterocycles. The van der Waals surface area contributed by atoms with Gasteiger partial charge in [-0.05, 0) is 30.5 Å². The number of ether oxygens (including phenoxy) is 1. The summed E-state index contributed by atoms with van der Waals surface area (Å²) in [7, 11) is 1.66. The van der Waals surface area contributed by atoms with E-state index in [0.29, 0.717) is 6.42 Å². The maximum Gasteiger partial charge on any atom is 0.222 e. The van der Waals surface area contributed by atoms with E-state index in [1.54, 1.807) is 13.4 Å². The fraction of sp³-hybridized carbons (Fsp3) is 0.474. The highest BCUT2D eigenvalue weighted by Gasteiger charge is 2.19. The Labute approximate surface area is 148 Å². The van der Waals surface area contributed by atoms with Gasteiger partial charge >= 0.3 is 0 Å². The van der Waals surface area contributed by atoms with Crippen LogP contribution in [0.4, 0.5) is 0 Å². The molecule has 2 aromatic rings. The number of methoxy groups -OCH3 is 1. The van der Waals surface area contributed by atoms with Gasteiger partial charge in [-0.25, -0.2) is 4.98 Å². The maximum absolute atomic E-state index is 12.5. The number of nitrogens with one attached hydrogen (secondary N) is 1. The molecule has 3 rings (SSSR count). The van der Waals surface area contributed by atoms with Crippen molar-refractivity contribution in [1.29, 1.82) is 0 Å². The Morgan fingerprint density at radius 3 is 2.76 bits per heavy atom. The molecule has 1 amide bonds. The van der Waals surface area contributed by atoms with Crippen molar-refractivity contribution in [2.75, 3.05) is 33.3 Å². The average molecular weight is 342 g/mol. The van der Waals surface area contributed by atoms with Crippen LogP contribution in [0, 0.1) is 0 Å². The first kappa shape index (κ1) is 17.5. The number of H-pyrrole nitrogens is 1. The zero-order valence-electron chi connectivity index (χ0n) is 14.8. The minimum atomic E-state index is 0.249. The molecule has 0 saturated carbocycles. The third kappa shape index (κ3) is 5.06. The van der Waals surface area contributed by atoms with E-state index in [1.807, 2.05) is 35.4 Å². The molecule has 2 heterocycles. The van der Waals surface area contributed by atoms with Gasteiger partial charge < -0.3 is 14.6 Å². The van der Waals surface area contributed by atoms with E-state index >= 15 is 0 Å². The molecular formula is C19H26N4O2. The Balaban J connectivity index is 1.45. The number of carbonyl (C=O) groups is 1. The first-order chi connectivity index (χ1) is 12.2. The normalized spacial score (nSPS) is 15.8. The van der Waals surface area contributed by atoms with E-state index in [0.717, 1.165) is 57.0 Å². The van der Waals surface area contributed by atoms with Crippen LogP contribution >= 0.6 is 0 Å². The number of amides is 1. The summed E-state index contributed by atoms with van der Waals surface area (Å²) in [5.74, 6) is 1.10. The number of aryl methyl sites for hydroxylation is 1. The van der Waals surface area contributed by atoms with Crippen LogP contribution in [-0.4, -0.2) is 59.0 Å². The quantitative estimate of drug-likeness (QED) is 0.873. The Kier molecular flexibility index (Phi) is 6.06. The monoisotopic (exact) mass is 342 g/mol. The first-order valence-electron chi connectivity index (χ1n) is 8.85. The predicted octanol–water partition coefficient (Wildman–Crippen LogP) is 2.09. The van der Waals surface area contributed by atoms with Gasteiger partial charge in [0, 0.05) is 51.0 Å². The van der Waals surface area contributed by atoms with Gasteiger partial charge in [0.15, 0.2) is 0 Å². The summed E-state index contributed by atoms with van der Waals surface area (Å²) in [5.41, 5.74) is 2.30. The van der Waals surface area contributed by atoms with Crippen LogP contribution in [-0.2, 0) is 17.8 Å². The number of carbonyl (C=O) groups excluding carboxylic acids is 1. The Hall–Kier alpha value is -2.34. The van der Waals surface area contributed by atoms with Crippen LogP contribution in [0.1, 0.15) is 24.1 Å². The van der Waals surface area contributed by atoms with Crippen molar-refractivity contribution < 1.29 is 9.53 Å². The molecule has 0 spiro atoms. The molecule has 6 nitrogen and oxygen atoms in total. The second kappa shape index (κ2) is 8.67. The van der Waals surface area contributed by atoms with Gasteiger partial charge in [-0.1, -0.05) is 12.1 Å². The molecule has 25 heavy (non-hydrogen) atoms. The summed E-state index contributed by atoms with van der Waals surface area (Å²) in [6.07, 6.45) is 5.93. The van der Waals surface area contributed by atoms with Gasteiger partial charge in [-0.2, -0.15) is 0 Å². The van der Waals surface area contributed by atoms with Crippen LogP contribution in [0.15, 0.2) is 36.8 Å². The van der Waals surface area contributed by atoms with E-state index in [2.05, 4.69) is 14.9 Å². The Morgan fingerprint density at radius 2 is 2.04 bits per heavy atom. The summed E-state index contributed by atoms with van der Waals surface area (Å²) in [5, 5.41) is 0. The summed E-state index contributed by atoms with van der Waals surface area (Å²) in [6, 6.07) is 7.94. The third-order valence-electron chi connectivity index (χ3n) is 4.68. The lowest BCUT2D eigenvalue weighted by Gasteiger charge is -2.21. The number of benzene rings is 1. The standard InChI is InChI=1S/C19H26N4O2/c1-25-18-6-3-16(4-7-18)5-8-19(24)23-10-2-9-22(11-12-23)14-17-13-20-15-21-17/h3-4,6-7,13,15H,2,5,8-12,14H2,1H3,(H,20,21). The van der Waals surface area contributed by atoms with Crippen molar-refractivity contribution in [3.63, 3.8) is 0 Å². The molecule has 1 saturated heterocycles. The number of imidazole rings is 1. The molecule has 1 aromatic carbocycles. The number of hydrogen-bond acceptors (Lipinski definition) is 4. The molecule has 6 heteroatoms. The van der Waals surface area contributed by atoms with Gasteiger partial charge in [-0.3, -0.25) is 9.69 Å². The maximum atomic E-state index is 12.5. The van der Waals surface area contributed by atoms with Gasteiger partial charge in [0.2, 0.25) is 5.91 Å². The fourth-order valence-electron chi connectivity index (χ4n) is 3.19. The van der Waals surface area contributed by atoms with Crippen molar-refractivity contribution in [1.82, 2.24) is 19.8 Å². The highest BCUT2D eigenvalue weighted by Crippen LogP contribution is 2.14. The number of aromatic nitrogens is 2. The smallest absolute Gasteiger partial charge is 0.222 e. The van der Waals surface area contributed by atoms with E-state index in [4.69, 9.17) is 4.74 Å². The highest BCUT2D eigenvalue weighted by molar-refractivity contribution is 5.76. The van der Waals surface area contributed by atoms with Crippen LogP contribution in [0.3, 0.4) is 0 Å². The van der Waals surface area contributed by atoms with E-state index in [9.17, 15) is 4.79 Å².